The van der Waals surface area contributed by atoms with E-state index in [1.807, 2.05) is 20.8 Å². The fraction of sp³-hybridized carbons (Fsp3) is 0.833. The van der Waals surface area contributed by atoms with Crippen molar-refractivity contribution in [3.05, 3.63) is 11.1 Å². The molecule has 0 spiro atoms. The topological polar surface area (TPSA) is 44.8 Å². The Kier molecular flexibility index (Phi) is 6.24. The highest BCUT2D eigenvalue weighted by Crippen LogP contribution is 2.60. The van der Waals surface area contributed by atoms with Crippen molar-refractivity contribution in [2.45, 2.75) is 46.5 Å². The molecule has 1 aliphatic carbocycles. The molecule has 0 fully saturated rings. The number of rotatable bonds is 7. The van der Waals surface area contributed by atoms with Crippen LogP contribution in [0.25, 0.3) is 0 Å². The summed E-state index contributed by atoms with van der Waals surface area (Å²) in [6.45, 7) is 6.97. The molecule has 0 saturated heterocycles. The van der Waals surface area contributed by atoms with Crippen LogP contribution in [0.2, 0.25) is 0 Å². The predicted octanol–water partition coefficient (Wildman–Crippen LogP) is 4.07. The van der Waals surface area contributed by atoms with Crippen molar-refractivity contribution in [2.75, 3.05) is 19.8 Å². The Balaban J connectivity index is 2.99. The Morgan fingerprint density at radius 1 is 1.00 bits per heavy atom. The van der Waals surface area contributed by atoms with Crippen molar-refractivity contribution in [1.29, 1.82) is 0 Å². The molecule has 0 amide bonds. The Bertz CT molecular complexity index is 302. The molecule has 0 N–H and O–H groups in total. The largest absolute Gasteiger partial charge is 0.498 e. The van der Waals surface area contributed by atoms with E-state index in [2.05, 4.69) is 0 Å². The van der Waals surface area contributed by atoms with Gasteiger partial charge >= 0.3 is 7.60 Å². The summed E-state index contributed by atoms with van der Waals surface area (Å²) in [5.41, 5.74) is 0. The van der Waals surface area contributed by atoms with Crippen LogP contribution in [0.15, 0.2) is 11.1 Å². The first-order chi connectivity index (χ1) is 8.18. The first-order valence-corrected chi connectivity index (χ1v) is 7.96. The van der Waals surface area contributed by atoms with Crippen LogP contribution in [0, 0.1) is 0 Å². The molecular weight excluding hydrogens is 239 g/mol. The zero-order valence-corrected chi connectivity index (χ0v) is 11.9. The molecule has 5 heteroatoms. The maximum atomic E-state index is 12.7. The van der Waals surface area contributed by atoms with Crippen LogP contribution >= 0.6 is 7.60 Å². The summed E-state index contributed by atoms with van der Waals surface area (Å²) < 4.78 is 29.0. The predicted molar refractivity (Wildman–Crippen MR) is 68.0 cm³/mol. The zero-order chi connectivity index (χ0) is 12.7. The number of hydrogen-bond donors (Lipinski definition) is 0. The molecule has 0 aromatic carbocycles. The first kappa shape index (κ1) is 14.7. The average molecular weight is 262 g/mol. The van der Waals surface area contributed by atoms with E-state index in [0.717, 1.165) is 36.8 Å². The van der Waals surface area contributed by atoms with Gasteiger partial charge in [-0.3, -0.25) is 4.57 Å². The fourth-order valence-electron chi connectivity index (χ4n) is 2.01. The second-order valence-electron chi connectivity index (χ2n) is 3.84. The third-order valence-corrected chi connectivity index (χ3v) is 4.97. The third-order valence-electron chi connectivity index (χ3n) is 2.64. The monoisotopic (exact) mass is 262 g/mol. The molecule has 17 heavy (non-hydrogen) atoms. The summed E-state index contributed by atoms with van der Waals surface area (Å²) in [5, 5.41) is 0.759. The summed E-state index contributed by atoms with van der Waals surface area (Å²) >= 11 is 0. The van der Waals surface area contributed by atoms with Gasteiger partial charge < -0.3 is 13.8 Å². The van der Waals surface area contributed by atoms with Gasteiger partial charge in [-0.25, -0.2) is 0 Å². The number of ether oxygens (including phenoxy) is 1. The van der Waals surface area contributed by atoms with E-state index in [4.69, 9.17) is 13.8 Å². The van der Waals surface area contributed by atoms with Crippen molar-refractivity contribution in [1.82, 2.24) is 0 Å². The van der Waals surface area contributed by atoms with E-state index in [1.165, 1.54) is 0 Å². The van der Waals surface area contributed by atoms with Gasteiger partial charge in [0.25, 0.3) is 0 Å². The quantitative estimate of drug-likeness (QED) is 0.648. The molecule has 0 heterocycles. The summed E-state index contributed by atoms with van der Waals surface area (Å²) in [7, 11) is -3.13. The molecule has 0 atom stereocenters. The van der Waals surface area contributed by atoms with Gasteiger partial charge in [0.1, 0.15) is 5.76 Å². The smallest absolute Gasteiger partial charge is 0.360 e. The van der Waals surface area contributed by atoms with Crippen molar-refractivity contribution < 1.29 is 18.3 Å². The van der Waals surface area contributed by atoms with Gasteiger partial charge in [0.2, 0.25) is 0 Å². The van der Waals surface area contributed by atoms with E-state index in [0.29, 0.717) is 19.8 Å². The van der Waals surface area contributed by atoms with Crippen LogP contribution in [0.3, 0.4) is 0 Å². The van der Waals surface area contributed by atoms with Crippen LogP contribution in [0.5, 0.6) is 0 Å². The van der Waals surface area contributed by atoms with Gasteiger partial charge in [0, 0.05) is 6.42 Å². The minimum absolute atomic E-state index is 0.389. The molecule has 0 saturated carbocycles. The Morgan fingerprint density at radius 2 is 1.59 bits per heavy atom. The van der Waals surface area contributed by atoms with Gasteiger partial charge in [-0.1, -0.05) is 0 Å². The fourth-order valence-corrected chi connectivity index (χ4v) is 3.99. The molecule has 100 valence electrons. The van der Waals surface area contributed by atoms with Crippen LogP contribution in [-0.2, 0) is 18.3 Å². The van der Waals surface area contributed by atoms with Crippen molar-refractivity contribution in [3.63, 3.8) is 0 Å². The minimum atomic E-state index is -3.13. The lowest BCUT2D eigenvalue weighted by Crippen LogP contribution is -2.08. The molecule has 0 bridgehead atoms. The molecule has 4 nitrogen and oxygen atoms in total. The lowest BCUT2D eigenvalue weighted by atomic mass is 10.1. The van der Waals surface area contributed by atoms with E-state index in [9.17, 15) is 4.57 Å². The zero-order valence-electron chi connectivity index (χ0n) is 11.0. The molecule has 0 unspecified atom stereocenters. The summed E-state index contributed by atoms with van der Waals surface area (Å²) in [6.07, 6.45) is 3.70. The highest BCUT2D eigenvalue weighted by atomic mass is 31.2. The Hall–Kier alpha value is -0.310. The molecule has 0 aliphatic heterocycles. The molecule has 0 radical (unpaired) electrons. The molecule has 0 aromatic rings. The van der Waals surface area contributed by atoms with Crippen LogP contribution in [0.1, 0.15) is 46.5 Å². The Morgan fingerprint density at radius 3 is 2.12 bits per heavy atom. The van der Waals surface area contributed by atoms with Gasteiger partial charge in [0.15, 0.2) is 0 Å². The van der Waals surface area contributed by atoms with Crippen LogP contribution < -0.4 is 0 Å². The van der Waals surface area contributed by atoms with E-state index >= 15 is 0 Å². The van der Waals surface area contributed by atoms with E-state index < -0.39 is 7.60 Å². The standard InChI is InChI=1S/C12H23O4P/c1-4-14-11-9-7-8-10-12(11)17(13,15-5-2)16-6-3/h4-10H2,1-3H3. The van der Waals surface area contributed by atoms with Crippen molar-refractivity contribution in [3.8, 4) is 0 Å². The normalized spacial score (nSPS) is 17.4. The first-order valence-electron chi connectivity index (χ1n) is 6.42. The summed E-state index contributed by atoms with van der Waals surface area (Å²) in [4.78, 5) is 0. The third kappa shape index (κ3) is 3.84. The van der Waals surface area contributed by atoms with Gasteiger partial charge in [-0.15, -0.1) is 0 Å². The second-order valence-corrected chi connectivity index (χ2v) is 5.89. The lowest BCUT2D eigenvalue weighted by molar-refractivity contribution is 0.196. The maximum absolute atomic E-state index is 12.7. The van der Waals surface area contributed by atoms with Gasteiger partial charge in [-0.2, -0.15) is 0 Å². The Labute approximate surface area is 104 Å². The summed E-state index contributed by atoms with van der Waals surface area (Å²) in [6, 6.07) is 0. The molecule has 1 aliphatic rings. The van der Waals surface area contributed by atoms with Gasteiger partial charge in [0.05, 0.1) is 25.1 Å². The van der Waals surface area contributed by atoms with Crippen LogP contribution in [0.4, 0.5) is 0 Å². The average Bonchev–Trinajstić information content (AvgIpc) is 2.31. The van der Waals surface area contributed by atoms with Crippen molar-refractivity contribution in [2.24, 2.45) is 0 Å². The van der Waals surface area contributed by atoms with Gasteiger partial charge in [-0.05, 0) is 40.0 Å². The molecule has 1 rings (SSSR count). The molecular formula is C12H23O4P. The summed E-state index contributed by atoms with van der Waals surface area (Å²) in [5.74, 6) is 0.823. The second kappa shape index (κ2) is 7.20. The minimum Gasteiger partial charge on any atom is -0.498 e. The maximum Gasteiger partial charge on any atom is 0.360 e. The highest BCUT2D eigenvalue weighted by Gasteiger charge is 2.34. The van der Waals surface area contributed by atoms with E-state index in [-0.39, 0.29) is 0 Å². The van der Waals surface area contributed by atoms with Crippen molar-refractivity contribution >= 4 is 7.60 Å². The lowest BCUT2D eigenvalue weighted by Gasteiger charge is -2.26. The SMILES string of the molecule is CCOC1=C(P(=O)(OCC)OCC)CCCC1. The van der Waals surface area contributed by atoms with E-state index in [1.54, 1.807) is 0 Å². The molecule has 0 aromatic heterocycles. The number of hydrogen-bond acceptors (Lipinski definition) is 4. The highest BCUT2D eigenvalue weighted by molar-refractivity contribution is 7.58. The number of allylic oxidation sites excluding steroid dienone is 2. The van der Waals surface area contributed by atoms with Crippen LogP contribution in [-0.4, -0.2) is 19.8 Å².